The molecule has 1 N–H and O–H groups in total. The van der Waals surface area contributed by atoms with E-state index in [1.807, 2.05) is 0 Å². The number of nitrogens with one attached hydrogen (secondary N) is 1. The zero-order chi connectivity index (χ0) is 17.3. The van der Waals surface area contributed by atoms with Gasteiger partial charge in [-0.05, 0) is 26.0 Å². The summed E-state index contributed by atoms with van der Waals surface area (Å²) in [5.74, 6) is 0.0423. The topological polar surface area (TPSA) is 116 Å². The maximum Gasteiger partial charge on any atom is 0.295 e. The van der Waals surface area contributed by atoms with Crippen LogP contribution in [0.4, 0.5) is 11.5 Å². The van der Waals surface area contributed by atoms with Crippen LogP contribution in [-0.4, -0.2) is 25.8 Å². The van der Waals surface area contributed by atoms with Gasteiger partial charge in [0.05, 0.1) is 22.0 Å². The normalized spacial score (nSPS) is 10.6. The Morgan fingerprint density at radius 2 is 1.92 bits per heavy atom. The summed E-state index contributed by atoms with van der Waals surface area (Å²) in [6, 6.07) is 9.06. The highest BCUT2D eigenvalue weighted by Gasteiger charge is 2.16. The van der Waals surface area contributed by atoms with Gasteiger partial charge in [-0.3, -0.25) is 14.9 Å². The Morgan fingerprint density at radius 1 is 1.21 bits per heavy atom. The third-order valence-electron chi connectivity index (χ3n) is 3.23. The van der Waals surface area contributed by atoms with E-state index in [1.165, 1.54) is 22.9 Å². The number of hydrogen-bond donors (Lipinski definition) is 1. The fraction of sp³-hybridized carbons (Fsp3) is 0.133. The van der Waals surface area contributed by atoms with Crippen LogP contribution >= 0.6 is 0 Å². The Kier molecular flexibility index (Phi) is 3.82. The van der Waals surface area contributed by atoms with Crippen molar-refractivity contribution in [1.29, 1.82) is 0 Å². The van der Waals surface area contributed by atoms with Crippen LogP contribution in [0.25, 0.3) is 5.69 Å². The molecular weight excluding hydrogens is 314 g/mol. The van der Waals surface area contributed by atoms with Crippen molar-refractivity contribution in [2.75, 3.05) is 5.32 Å². The van der Waals surface area contributed by atoms with Crippen LogP contribution in [0.1, 0.15) is 21.9 Å². The van der Waals surface area contributed by atoms with Crippen molar-refractivity contribution in [1.82, 2.24) is 14.9 Å². The molecule has 0 unspecified atom stereocenters. The van der Waals surface area contributed by atoms with E-state index in [1.54, 1.807) is 32.0 Å². The second-order valence-corrected chi connectivity index (χ2v) is 5.14. The monoisotopic (exact) mass is 327 g/mol. The maximum atomic E-state index is 12.2. The first-order valence-corrected chi connectivity index (χ1v) is 7.00. The van der Waals surface area contributed by atoms with Crippen LogP contribution < -0.4 is 5.32 Å². The lowest BCUT2D eigenvalue weighted by Crippen LogP contribution is -2.14. The second kappa shape index (κ2) is 5.95. The molecule has 0 bridgehead atoms. The fourth-order valence-corrected chi connectivity index (χ4v) is 2.15. The molecule has 0 aliphatic heterocycles. The number of aromatic nitrogens is 3. The van der Waals surface area contributed by atoms with Crippen LogP contribution in [0.3, 0.4) is 0 Å². The van der Waals surface area contributed by atoms with Crippen molar-refractivity contribution in [3.8, 4) is 5.69 Å². The van der Waals surface area contributed by atoms with Crippen molar-refractivity contribution in [3.05, 3.63) is 63.7 Å². The first-order chi connectivity index (χ1) is 11.4. The molecule has 3 aromatic rings. The van der Waals surface area contributed by atoms with Gasteiger partial charge in [0, 0.05) is 24.3 Å². The number of non-ortho nitro benzene ring substituents is 1. The number of anilines is 1. The predicted octanol–water partition coefficient (Wildman–Crippen LogP) is 2.64. The standard InChI is InChI=1S/C15H13N5O4/c1-9-8-14(16-15(21)13-7-10(2)18-24-13)19(17-9)11-3-5-12(6-4-11)20(22)23/h3-8H,1-2H3,(H,16,21). The Morgan fingerprint density at radius 3 is 2.50 bits per heavy atom. The highest BCUT2D eigenvalue weighted by Crippen LogP contribution is 2.20. The molecule has 2 aromatic heterocycles. The smallest absolute Gasteiger partial charge is 0.295 e. The highest BCUT2D eigenvalue weighted by atomic mass is 16.6. The molecule has 0 saturated heterocycles. The van der Waals surface area contributed by atoms with E-state index in [4.69, 9.17) is 4.52 Å². The zero-order valence-corrected chi connectivity index (χ0v) is 12.9. The summed E-state index contributed by atoms with van der Waals surface area (Å²) in [6.07, 6.45) is 0. The Hall–Kier alpha value is -3.49. The van der Waals surface area contributed by atoms with Gasteiger partial charge in [-0.1, -0.05) is 5.16 Å². The van der Waals surface area contributed by atoms with E-state index in [0.717, 1.165) is 0 Å². The minimum atomic E-state index is -0.479. The van der Waals surface area contributed by atoms with Crippen molar-refractivity contribution in [2.45, 2.75) is 13.8 Å². The molecule has 0 aliphatic rings. The molecule has 24 heavy (non-hydrogen) atoms. The van der Waals surface area contributed by atoms with E-state index in [0.29, 0.717) is 22.9 Å². The van der Waals surface area contributed by atoms with E-state index < -0.39 is 10.8 Å². The van der Waals surface area contributed by atoms with Crippen LogP contribution in [0.5, 0.6) is 0 Å². The molecule has 0 spiro atoms. The van der Waals surface area contributed by atoms with Crippen LogP contribution in [0, 0.1) is 24.0 Å². The average Bonchev–Trinajstić information content (AvgIpc) is 3.13. The Bertz CT molecular complexity index is 910. The lowest BCUT2D eigenvalue weighted by atomic mass is 10.3. The fourth-order valence-electron chi connectivity index (χ4n) is 2.15. The molecule has 1 amide bonds. The van der Waals surface area contributed by atoms with Crippen molar-refractivity contribution in [3.63, 3.8) is 0 Å². The number of carbonyl (C=O) groups is 1. The molecule has 0 aliphatic carbocycles. The van der Waals surface area contributed by atoms with Gasteiger partial charge in [0.15, 0.2) is 0 Å². The van der Waals surface area contributed by atoms with Crippen LogP contribution in [0.2, 0.25) is 0 Å². The van der Waals surface area contributed by atoms with E-state index in [2.05, 4.69) is 15.6 Å². The van der Waals surface area contributed by atoms with Gasteiger partial charge in [-0.25, -0.2) is 4.68 Å². The maximum absolute atomic E-state index is 12.2. The molecule has 0 saturated carbocycles. The third-order valence-corrected chi connectivity index (χ3v) is 3.23. The summed E-state index contributed by atoms with van der Waals surface area (Å²) in [5, 5.41) is 21.4. The number of benzene rings is 1. The number of aryl methyl sites for hydroxylation is 2. The number of rotatable bonds is 4. The number of nitro groups is 1. The van der Waals surface area contributed by atoms with Gasteiger partial charge in [-0.2, -0.15) is 5.10 Å². The summed E-state index contributed by atoms with van der Waals surface area (Å²) in [6.45, 7) is 3.49. The van der Waals surface area contributed by atoms with Crippen LogP contribution in [-0.2, 0) is 0 Å². The number of hydrogen-bond acceptors (Lipinski definition) is 6. The van der Waals surface area contributed by atoms with Crippen LogP contribution in [0.15, 0.2) is 40.9 Å². The van der Waals surface area contributed by atoms with Gasteiger partial charge in [0.2, 0.25) is 5.76 Å². The van der Waals surface area contributed by atoms with Gasteiger partial charge in [-0.15, -0.1) is 0 Å². The lowest BCUT2D eigenvalue weighted by Gasteiger charge is -2.07. The van der Waals surface area contributed by atoms with Gasteiger partial charge < -0.3 is 9.84 Å². The summed E-state index contributed by atoms with van der Waals surface area (Å²) in [4.78, 5) is 22.4. The number of nitro benzene ring substituents is 1. The van der Waals surface area contributed by atoms with Gasteiger partial charge in [0.25, 0.3) is 11.6 Å². The molecule has 9 nitrogen and oxygen atoms in total. The first-order valence-electron chi connectivity index (χ1n) is 7.00. The Labute approximate surface area is 136 Å². The SMILES string of the molecule is Cc1cc(C(=O)Nc2cc(C)nn2-c2ccc([N+](=O)[O-])cc2)on1. The number of amides is 1. The quantitative estimate of drug-likeness (QED) is 0.581. The zero-order valence-electron chi connectivity index (χ0n) is 12.9. The molecule has 0 fully saturated rings. The minimum absolute atomic E-state index is 0.0228. The molecule has 3 rings (SSSR count). The Balaban J connectivity index is 1.90. The van der Waals surface area contributed by atoms with Crippen molar-refractivity contribution >= 4 is 17.4 Å². The molecule has 2 heterocycles. The van der Waals surface area contributed by atoms with Crippen molar-refractivity contribution < 1.29 is 14.2 Å². The molecule has 1 aromatic carbocycles. The third kappa shape index (κ3) is 3.00. The lowest BCUT2D eigenvalue weighted by molar-refractivity contribution is -0.384. The first kappa shape index (κ1) is 15.4. The van der Waals surface area contributed by atoms with E-state index in [9.17, 15) is 14.9 Å². The minimum Gasteiger partial charge on any atom is -0.351 e. The summed E-state index contributed by atoms with van der Waals surface area (Å²) in [5.41, 5.74) is 1.83. The van der Waals surface area contributed by atoms with E-state index >= 15 is 0 Å². The number of nitrogens with zero attached hydrogens (tertiary/aromatic N) is 4. The van der Waals surface area contributed by atoms with Gasteiger partial charge in [0.1, 0.15) is 5.82 Å². The summed E-state index contributed by atoms with van der Waals surface area (Å²) < 4.78 is 6.41. The molecule has 0 radical (unpaired) electrons. The molecular formula is C15H13N5O4. The van der Waals surface area contributed by atoms with E-state index in [-0.39, 0.29) is 11.4 Å². The molecule has 122 valence electrons. The molecule has 9 heteroatoms. The predicted molar refractivity (Wildman–Crippen MR) is 84.1 cm³/mol. The summed E-state index contributed by atoms with van der Waals surface area (Å²) in [7, 11) is 0. The van der Waals surface area contributed by atoms with Gasteiger partial charge >= 0.3 is 0 Å². The van der Waals surface area contributed by atoms with Crippen molar-refractivity contribution in [2.24, 2.45) is 0 Å². The summed E-state index contributed by atoms with van der Waals surface area (Å²) >= 11 is 0. The average molecular weight is 327 g/mol. The highest BCUT2D eigenvalue weighted by molar-refractivity contribution is 6.01. The second-order valence-electron chi connectivity index (χ2n) is 5.14. The number of carbonyl (C=O) groups excluding carboxylic acids is 1. The molecule has 0 atom stereocenters. The largest absolute Gasteiger partial charge is 0.351 e.